The van der Waals surface area contributed by atoms with Gasteiger partial charge in [0.25, 0.3) is 0 Å². The van der Waals surface area contributed by atoms with Crippen LogP contribution in [-0.2, 0) is 12.0 Å². The minimum absolute atomic E-state index is 0.0973. The fourth-order valence-electron chi connectivity index (χ4n) is 4.33. The summed E-state index contributed by atoms with van der Waals surface area (Å²) in [4.78, 5) is 24.1. The van der Waals surface area contributed by atoms with E-state index in [2.05, 4.69) is 20.5 Å². The van der Waals surface area contributed by atoms with E-state index in [9.17, 15) is 36.0 Å². The van der Waals surface area contributed by atoms with Crippen molar-refractivity contribution in [1.29, 1.82) is 0 Å². The van der Waals surface area contributed by atoms with Gasteiger partial charge in [-0.2, -0.15) is 22.5 Å². The van der Waals surface area contributed by atoms with Crippen molar-refractivity contribution in [2.75, 3.05) is 6.54 Å². The lowest BCUT2D eigenvalue weighted by Gasteiger charge is -2.37. The second-order valence-electron chi connectivity index (χ2n) is 9.36. The van der Waals surface area contributed by atoms with Gasteiger partial charge in [-0.3, -0.25) is 0 Å². The third-order valence-corrected chi connectivity index (χ3v) is 6.45. The Labute approximate surface area is 219 Å². The zero-order valence-electron chi connectivity index (χ0n) is 20.3. The number of benzene rings is 3. The van der Waals surface area contributed by atoms with Gasteiger partial charge in [0.2, 0.25) is 0 Å². The molecule has 1 aliphatic carbocycles. The summed E-state index contributed by atoms with van der Waals surface area (Å²) in [6, 6.07) is 14.9. The molecule has 39 heavy (non-hydrogen) atoms. The average molecular weight is 551 g/mol. The van der Waals surface area contributed by atoms with Crippen LogP contribution in [0.25, 0.3) is 0 Å². The fraction of sp³-hybridized carbons (Fsp3) is 0.296. The summed E-state index contributed by atoms with van der Waals surface area (Å²) in [6.45, 7) is -0.191. The largest absolute Gasteiger partial charge is 0.461 e. The zero-order valence-corrected chi connectivity index (χ0v) is 20.3. The Kier molecular flexibility index (Phi) is 7.84. The number of alkyl halides is 4. The van der Waals surface area contributed by atoms with E-state index < -0.39 is 47.0 Å². The van der Waals surface area contributed by atoms with Gasteiger partial charge in [0, 0.05) is 12.5 Å². The van der Waals surface area contributed by atoms with Crippen LogP contribution in [0, 0.1) is 16.5 Å². The Morgan fingerprint density at radius 1 is 0.949 bits per heavy atom. The molecule has 1 atom stereocenters. The van der Waals surface area contributed by atoms with Gasteiger partial charge >= 0.3 is 18.6 Å². The lowest BCUT2D eigenvalue weighted by Crippen LogP contribution is -2.55. The Bertz CT molecular complexity index is 1320. The van der Waals surface area contributed by atoms with Crippen LogP contribution in [0.2, 0.25) is 0 Å². The number of carbonyl (C=O) groups excluding carboxylic acids is 1. The summed E-state index contributed by atoms with van der Waals surface area (Å²) in [5.41, 5.74) is -1.94. The molecule has 0 aromatic heterocycles. The summed E-state index contributed by atoms with van der Waals surface area (Å²) in [5, 5.41) is 8.28. The van der Waals surface area contributed by atoms with E-state index in [1.165, 1.54) is 12.1 Å². The normalized spacial score (nSPS) is 15.8. The van der Waals surface area contributed by atoms with Crippen LogP contribution in [-0.4, -0.2) is 30.6 Å². The van der Waals surface area contributed by atoms with Crippen molar-refractivity contribution in [3.63, 3.8) is 0 Å². The van der Waals surface area contributed by atoms with Gasteiger partial charge in [-0.15, -0.1) is 0 Å². The summed E-state index contributed by atoms with van der Waals surface area (Å²) in [6.07, 6.45) is -8.25. The molecule has 1 fully saturated rings. The molecule has 1 saturated carbocycles. The zero-order chi connectivity index (χ0) is 28.3. The van der Waals surface area contributed by atoms with Gasteiger partial charge in [0.05, 0.1) is 11.1 Å². The predicted octanol–water partition coefficient (Wildman–Crippen LogP) is 6.29. The number of urea groups is 1. The minimum Gasteiger partial charge on any atom is -0.428 e. The topological polar surface area (TPSA) is 79.8 Å². The number of amides is 2. The van der Waals surface area contributed by atoms with Crippen molar-refractivity contribution in [3.05, 3.63) is 106 Å². The third-order valence-electron chi connectivity index (χ3n) is 6.45. The molecule has 0 saturated heterocycles. The van der Waals surface area contributed by atoms with Crippen molar-refractivity contribution in [2.24, 2.45) is 5.18 Å². The van der Waals surface area contributed by atoms with Crippen LogP contribution in [0.15, 0.2) is 78.0 Å². The first-order valence-electron chi connectivity index (χ1n) is 11.8. The fourth-order valence-corrected chi connectivity index (χ4v) is 4.33. The monoisotopic (exact) mass is 551 g/mol. The Morgan fingerprint density at radius 3 is 2.21 bits per heavy atom. The van der Waals surface area contributed by atoms with Crippen LogP contribution < -0.4 is 15.4 Å². The highest BCUT2D eigenvalue weighted by atomic mass is 19.3. The minimum atomic E-state index is -4.92. The predicted molar refractivity (Wildman–Crippen MR) is 130 cm³/mol. The molecule has 6 nitrogen and oxygen atoms in total. The molecule has 2 amide bonds. The molecule has 12 heteroatoms. The molecule has 0 aliphatic heterocycles. The van der Waals surface area contributed by atoms with Crippen molar-refractivity contribution in [3.8, 4) is 5.75 Å². The lowest BCUT2D eigenvalue weighted by atomic mass is 9.77. The molecule has 0 bridgehead atoms. The number of nitroso groups, excluding NO2 is 1. The van der Waals surface area contributed by atoms with E-state index in [-0.39, 0.29) is 24.1 Å². The average Bonchev–Trinajstić information content (AvgIpc) is 3.62. The summed E-state index contributed by atoms with van der Waals surface area (Å²) in [5.74, 6) is -2.65. The van der Waals surface area contributed by atoms with Crippen LogP contribution in [0.1, 0.15) is 29.5 Å². The number of carbonyl (C=O) groups is 1. The van der Waals surface area contributed by atoms with E-state index in [0.717, 1.165) is 24.3 Å². The first-order chi connectivity index (χ1) is 18.5. The highest BCUT2D eigenvalue weighted by Gasteiger charge is 2.47. The van der Waals surface area contributed by atoms with Crippen LogP contribution >= 0.6 is 0 Å². The second kappa shape index (κ2) is 11.0. The molecule has 206 valence electrons. The van der Waals surface area contributed by atoms with E-state index >= 15 is 0 Å². The number of hydrogen-bond acceptors (Lipinski definition) is 4. The molecule has 0 heterocycles. The van der Waals surface area contributed by atoms with E-state index in [0.29, 0.717) is 24.5 Å². The number of nitrogens with one attached hydrogen (secondary N) is 2. The van der Waals surface area contributed by atoms with Crippen LogP contribution in [0.5, 0.6) is 5.75 Å². The van der Waals surface area contributed by atoms with Crippen molar-refractivity contribution < 1.29 is 35.9 Å². The molecule has 0 unspecified atom stereocenters. The number of halogens is 6. The van der Waals surface area contributed by atoms with Crippen molar-refractivity contribution in [1.82, 2.24) is 10.6 Å². The number of rotatable bonds is 11. The maximum absolute atomic E-state index is 14.8. The number of nitrogens with zero attached hydrogens (tertiary/aromatic N) is 1. The van der Waals surface area contributed by atoms with E-state index in [1.807, 2.05) is 0 Å². The second-order valence-corrected chi connectivity index (χ2v) is 9.36. The van der Waals surface area contributed by atoms with Gasteiger partial charge in [-0.05, 0) is 53.8 Å². The molecular formula is C27H23F6N3O3. The Hall–Kier alpha value is -4.09. The van der Waals surface area contributed by atoms with Gasteiger partial charge < -0.3 is 15.4 Å². The smallest absolute Gasteiger partial charge is 0.428 e. The molecule has 0 spiro atoms. The maximum Gasteiger partial charge on any atom is 0.461 e. The van der Waals surface area contributed by atoms with Crippen LogP contribution in [0.4, 0.5) is 31.1 Å². The summed E-state index contributed by atoms with van der Waals surface area (Å²) in [7, 11) is 0. The summed E-state index contributed by atoms with van der Waals surface area (Å²) >= 11 is 0. The van der Waals surface area contributed by atoms with Gasteiger partial charge in [0.15, 0.2) is 0 Å². The molecule has 2 N–H and O–H groups in total. The van der Waals surface area contributed by atoms with Gasteiger partial charge in [-0.25, -0.2) is 13.6 Å². The van der Waals surface area contributed by atoms with Gasteiger partial charge in [-0.1, -0.05) is 47.6 Å². The first kappa shape index (κ1) is 27.9. The third kappa shape index (κ3) is 6.50. The number of hydrogen-bond donors (Lipinski definition) is 2. The Balaban J connectivity index is 1.87. The van der Waals surface area contributed by atoms with Crippen molar-refractivity contribution in [2.45, 2.75) is 42.9 Å². The molecule has 4 rings (SSSR count). The molecule has 3 aromatic carbocycles. The first-order valence-corrected chi connectivity index (χ1v) is 11.8. The standard InChI is InChI=1S/C27H23F6N3O3/c28-20-8-6-18(7-9-20)26(15-17-4-2-1-3-5-17,36-24(37)35-25(10-11-25)16-34-38)19-12-21(29)14-22(13-19)39-27(32,33)23(30)31/h1-9,12-14,23H,10-11,15-16H2,(H2,35,36,37)/t26-/m1/s1. The molecule has 3 aromatic rings. The lowest BCUT2D eigenvalue weighted by molar-refractivity contribution is -0.253. The highest BCUT2D eigenvalue weighted by molar-refractivity contribution is 5.77. The Morgan fingerprint density at radius 2 is 1.62 bits per heavy atom. The quantitative estimate of drug-likeness (QED) is 0.217. The molecule has 1 aliphatic rings. The summed E-state index contributed by atoms with van der Waals surface area (Å²) < 4.78 is 86.0. The SMILES string of the molecule is O=NCC1(NC(=O)N[C@](Cc2ccccc2)(c2ccc(F)cc2)c2cc(F)cc(OC(F)(F)C(F)F)c2)CC1. The molecule has 0 radical (unpaired) electrons. The maximum atomic E-state index is 14.8. The highest BCUT2D eigenvalue weighted by Crippen LogP contribution is 2.39. The van der Waals surface area contributed by atoms with Crippen molar-refractivity contribution >= 4 is 6.03 Å². The van der Waals surface area contributed by atoms with E-state index in [1.54, 1.807) is 30.3 Å². The van der Waals surface area contributed by atoms with Gasteiger partial charge in [0.1, 0.15) is 23.9 Å². The molecular weight excluding hydrogens is 528 g/mol. The van der Waals surface area contributed by atoms with E-state index in [4.69, 9.17) is 0 Å². The number of ether oxygens (including phenoxy) is 1. The van der Waals surface area contributed by atoms with Crippen LogP contribution in [0.3, 0.4) is 0 Å².